The van der Waals surface area contributed by atoms with Gasteiger partial charge >= 0.3 is 7.60 Å². The third kappa shape index (κ3) is 4.27. The summed E-state index contributed by atoms with van der Waals surface area (Å²) in [5.74, 6) is -1.87. The first-order chi connectivity index (χ1) is 14.2. The van der Waals surface area contributed by atoms with Gasteiger partial charge in [-0.25, -0.2) is 9.29 Å². The lowest BCUT2D eigenvalue weighted by molar-refractivity contribution is -0.120. The SMILES string of the molecule is CCOP(=O)(OCC)/C(Cl)=C/c1cc(N2C(=O)C3=C(CCCC3)C2=O)c(F)cc1Cl. The molecule has 0 saturated carbocycles. The van der Waals surface area contributed by atoms with E-state index in [-0.39, 0.29) is 34.3 Å². The molecule has 3 rings (SSSR count). The highest BCUT2D eigenvalue weighted by atomic mass is 35.5. The zero-order chi connectivity index (χ0) is 22.1. The van der Waals surface area contributed by atoms with Crippen LogP contribution in [0, 0.1) is 5.82 Å². The van der Waals surface area contributed by atoms with Crippen molar-refractivity contribution in [3.8, 4) is 0 Å². The van der Waals surface area contributed by atoms with Crippen molar-refractivity contribution in [2.75, 3.05) is 18.1 Å². The minimum atomic E-state index is -3.77. The highest BCUT2D eigenvalue weighted by molar-refractivity contribution is 7.61. The van der Waals surface area contributed by atoms with Crippen molar-refractivity contribution >= 4 is 54.4 Å². The maximum Gasteiger partial charge on any atom is 0.372 e. The number of hydrogen-bond donors (Lipinski definition) is 0. The molecule has 0 N–H and O–H groups in total. The number of carbonyl (C=O) groups is 2. The first-order valence-electron chi connectivity index (χ1n) is 9.60. The quantitative estimate of drug-likeness (QED) is 0.355. The van der Waals surface area contributed by atoms with Gasteiger partial charge in [-0.15, -0.1) is 0 Å². The summed E-state index contributed by atoms with van der Waals surface area (Å²) in [5, 5.41) is -0.0363. The molecule has 0 atom stereocenters. The molecule has 0 aromatic heterocycles. The molecule has 30 heavy (non-hydrogen) atoms. The second-order valence-electron chi connectivity index (χ2n) is 6.74. The summed E-state index contributed by atoms with van der Waals surface area (Å²) < 4.78 is 37.7. The molecule has 0 bridgehead atoms. The molecule has 2 amide bonds. The molecule has 2 aliphatic rings. The van der Waals surface area contributed by atoms with Crippen LogP contribution < -0.4 is 4.90 Å². The Morgan fingerprint density at radius 2 is 1.67 bits per heavy atom. The molecular weight excluding hydrogens is 455 g/mol. The minimum absolute atomic E-state index is 0.0363. The van der Waals surface area contributed by atoms with E-state index >= 15 is 0 Å². The van der Waals surface area contributed by atoms with Crippen molar-refractivity contribution in [3.63, 3.8) is 0 Å². The summed E-state index contributed by atoms with van der Waals surface area (Å²) in [5.41, 5.74) is 0.811. The van der Waals surface area contributed by atoms with Gasteiger partial charge in [0.05, 0.1) is 23.9 Å². The van der Waals surface area contributed by atoms with E-state index in [9.17, 15) is 18.5 Å². The average Bonchev–Trinajstić information content (AvgIpc) is 2.95. The molecule has 1 aromatic carbocycles. The molecule has 6 nitrogen and oxygen atoms in total. The molecule has 1 aromatic rings. The molecule has 0 saturated heterocycles. The molecule has 1 aliphatic carbocycles. The molecular formula is C20H21Cl2FNO5P. The maximum atomic E-state index is 14.7. The third-order valence-electron chi connectivity index (χ3n) is 4.83. The van der Waals surface area contributed by atoms with Crippen LogP contribution in [-0.4, -0.2) is 25.0 Å². The van der Waals surface area contributed by atoms with Crippen LogP contribution >= 0.6 is 30.8 Å². The molecule has 1 aliphatic heterocycles. The van der Waals surface area contributed by atoms with Gasteiger partial charge in [0, 0.05) is 11.1 Å². The lowest BCUT2D eigenvalue weighted by Gasteiger charge is -2.18. The summed E-state index contributed by atoms with van der Waals surface area (Å²) in [6.07, 6.45) is 3.84. The Kier molecular flexibility index (Phi) is 7.20. The van der Waals surface area contributed by atoms with Gasteiger partial charge in [0.15, 0.2) is 0 Å². The topological polar surface area (TPSA) is 72.9 Å². The summed E-state index contributed by atoms with van der Waals surface area (Å²) >= 11 is 12.3. The van der Waals surface area contributed by atoms with E-state index in [4.69, 9.17) is 32.2 Å². The zero-order valence-corrected chi connectivity index (χ0v) is 19.0. The predicted octanol–water partition coefficient (Wildman–Crippen LogP) is 6.03. The van der Waals surface area contributed by atoms with Crippen molar-refractivity contribution in [2.24, 2.45) is 0 Å². The van der Waals surface area contributed by atoms with Crippen molar-refractivity contribution in [3.05, 3.63) is 44.5 Å². The maximum absolute atomic E-state index is 14.7. The van der Waals surface area contributed by atoms with Crippen LogP contribution in [0.4, 0.5) is 10.1 Å². The number of halogens is 3. The number of carbonyl (C=O) groups excluding carboxylic acids is 2. The molecule has 0 spiro atoms. The smallest absolute Gasteiger partial charge is 0.305 e. The van der Waals surface area contributed by atoms with Crippen molar-refractivity contribution in [1.82, 2.24) is 0 Å². The van der Waals surface area contributed by atoms with Crippen LogP contribution in [0.15, 0.2) is 28.1 Å². The fourth-order valence-electron chi connectivity index (χ4n) is 3.50. The number of anilines is 1. The predicted molar refractivity (Wildman–Crippen MR) is 114 cm³/mol. The van der Waals surface area contributed by atoms with E-state index in [1.54, 1.807) is 13.8 Å². The van der Waals surface area contributed by atoms with Gasteiger partial charge in [0.25, 0.3) is 11.8 Å². The second-order valence-corrected chi connectivity index (χ2v) is 9.81. The van der Waals surface area contributed by atoms with E-state index in [2.05, 4.69) is 0 Å². The van der Waals surface area contributed by atoms with Crippen LogP contribution in [-0.2, 0) is 23.2 Å². The first-order valence-corrected chi connectivity index (χ1v) is 11.9. The van der Waals surface area contributed by atoms with E-state index in [1.807, 2.05) is 0 Å². The van der Waals surface area contributed by atoms with Crippen LogP contribution in [0.1, 0.15) is 45.1 Å². The fourth-order valence-corrected chi connectivity index (χ4v) is 5.42. The number of hydrogen-bond acceptors (Lipinski definition) is 5. The van der Waals surface area contributed by atoms with Crippen molar-refractivity contribution in [2.45, 2.75) is 39.5 Å². The van der Waals surface area contributed by atoms with Crippen LogP contribution in [0.2, 0.25) is 5.02 Å². The molecule has 0 fully saturated rings. The Bertz CT molecular complexity index is 969. The van der Waals surface area contributed by atoms with Crippen LogP contribution in [0.3, 0.4) is 0 Å². The van der Waals surface area contributed by atoms with Gasteiger partial charge in [-0.05, 0) is 63.3 Å². The number of benzene rings is 1. The number of nitrogens with zero attached hydrogens (tertiary/aromatic N) is 1. The summed E-state index contributed by atoms with van der Waals surface area (Å²) in [7, 11) is -3.77. The summed E-state index contributed by atoms with van der Waals surface area (Å²) in [6.45, 7) is 3.46. The standard InChI is InChI=1S/C20H21Cl2FNO5P/c1-3-28-30(27,29-4-2)18(22)10-12-9-17(16(23)11-15(12)21)24-19(25)13-7-5-6-8-14(13)20(24)26/h9-11H,3-8H2,1-2H3/b18-10+. The van der Waals surface area contributed by atoms with Gasteiger partial charge < -0.3 is 9.05 Å². The van der Waals surface area contributed by atoms with Gasteiger partial charge in [-0.3, -0.25) is 14.2 Å². The van der Waals surface area contributed by atoms with E-state index in [0.717, 1.165) is 23.8 Å². The second kappa shape index (κ2) is 9.33. The van der Waals surface area contributed by atoms with Gasteiger partial charge in [-0.1, -0.05) is 23.2 Å². The zero-order valence-electron chi connectivity index (χ0n) is 16.5. The highest BCUT2D eigenvalue weighted by Crippen LogP contribution is 2.58. The van der Waals surface area contributed by atoms with Gasteiger partial charge in [0.1, 0.15) is 10.6 Å². The Balaban J connectivity index is 2.02. The van der Waals surface area contributed by atoms with Gasteiger partial charge in [0.2, 0.25) is 0 Å². The molecule has 0 unspecified atom stereocenters. The minimum Gasteiger partial charge on any atom is -0.305 e. The number of rotatable bonds is 7. The van der Waals surface area contributed by atoms with Crippen molar-refractivity contribution in [1.29, 1.82) is 0 Å². The molecule has 10 heteroatoms. The fraction of sp³-hybridized carbons (Fsp3) is 0.400. The Hall–Kier alpha value is -1.50. The van der Waals surface area contributed by atoms with E-state index < -0.39 is 25.2 Å². The number of amides is 2. The summed E-state index contributed by atoms with van der Waals surface area (Å²) in [4.78, 5) is 26.4. The van der Waals surface area contributed by atoms with Crippen LogP contribution in [0.25, 0.3) is 6.08 Å². The highest BCUT2D eigenvalue weighted by Gasteiger charge is 2.41. The van der Waals surface area contributed by atoms with Crippen LogP contribution in [0.5, 0.6) is 0 Å². The van der Waals surface area contributed by atoms with Crippen molar-refractivity contribution < 1.29 is 27.6 Å². The Morgan fingerprint density at radius 3 is 2.17 bits per heavy atom. The lowest BCUT2D eigenvalue weighted by atomic mass is 9.93. The monoisotopic (exact) mass is 475 g/mol. The van der Waals surface area contributed by atoms with Gasteiger partial charge in [-0.2, -0.15) is 0 Å². The lowest BCUT2D eigenvalue weighted by Crippen LogP contribution is -2.32. The molecule has 162 valence electrons. The third-order valence-corrected chi connectivity index (χ3v) is 7.74. The normalized spacial score (nSPS) is 17.8. The summed E-state index contributed by atoms with van der Waals surface area (Å²) in [6, 6.07) is 2.22. The molecule has 0 radical (unpaired) electrons. The Labute approximate surface area is 184 Å². The number of imide groups is 1. The van der Waals surface area contributed by atoms with E-state index in [0.29, 0.717) is 24.0 Å². The average molecular weight is 476 g/mol. The largest absolute Gasteiger partial charge is 0.372 e. The van der Waals surface area contributed by atoms with E-state index in [1.165, 1.54) is 12.1 Å². The molecule has 1 heterocycles. The first kappa shape index (κ1) is 23.2. The Morgan fingerprint density at radius 1 is 1.13 bits per heavy atom.